The Morgan fingerprint density at radius 1 is 1.55 bits per heavy atom. The molecule has 1 nitrogen and oxygen atoms in total. The van der Waals surface area contributed by atoms with Crippen molar-refractivity contribution in [1.82, 2.24) is 4.98 Å². The number of aromatic nitrogens is 1. The smallest absolute Gasteiger partial charge is 0.213 e. The van der Waals surface area contributed by atoms with Crippen LogP contribution in [0.25, 0.3) is 6.08 Å². The third kappa shape index (κ3) is 2.12. The van der Waals surface area contributed by atoms with Crippen molar-refractivity contribution in [3.05, 3.63) is 34.3 Å². The van der Waals surface area contributed by atoms with E-state index in [0.29, 0.717) is 5.69 Å². The van der Waals surface area contributed by atoms with Crippen molar-refractivity contribution in [2.45, 2.75) is 6.92 Å². The third-order valence-electron chi connectivity index (χ3n) is 1.34. The van der Waals surface area contributed by atoms with E-state index in [1.54, 1.807) is 18.0 Å². The summed E-state index contributed by atoms with van der Waals surface area (Å²) >= 11 is 3.14. The Bertz CT molecular complexity index is 283. The molecule has 0 N–H and O–H groups in total. The minimum Gasteiger partial charge on any atom is -0.225 e. The fourth-order valence-electron chi connectivity index (χ4n) is 0.785. The van der Waals surface area contributed by atoms with E-state index in [2.05, 4.69) is 20.9 Å². The third-order valence-corrected chi connectivity index (χ3v) is 1.60. The summed E-state index contributed by atoms with van der Waals surface area (Å²) in [6.07, 6.45) is 1.82. The predicted octanol–water partition coefficient (Wildman–Crippen LogP) is 2.89. The number of nitrogens with zero attached hydrogens (tertiary/aromatic N) is 1. The molecule has 0 atom stereocenters. The summed E-state index contributed by atoms with van der Waals surface area (Å²) in [5, 5.41) is 0. The maximum Gasteiger partial charge on any atom is 0.213 e. The first-order valence-corrected chi connectivity index (χ1v) is 4.05. The number of halogens is 2. The van der Waals surface area contributed by atoms with Crippen LogP contribution >= 0.6 is 15.9 Å². The van der Waals surface area contributed by atoms with E-state index in [4.69, 9.17) is 0 Å². The van der Waals surface area contributed by atoms with Gasteiger partial charge >= 0.3 is 0 Å². The van der Waals surface area contributed by atoms with Crippen molar-refractivity contribution in [2.24, 2.45) is 0 Å². The zero-order valence-electron chi connectivity index (χ0n) is 6.01. The molecule has 0 aliphatic carbocycles. The first-order valence-electron chi connectivity index (χ1n) is 3.14. The van der Waals surface area contributed by atoms with Gasteiger partial charge in [-0.05, 0) is 35.7 Å². The lowest BCUT2D eigenvalue weighted by atomic mass is 10.2. The molecule has 0 radical (unpaired) electrons. The van der Waals surface area contributed by atoms with E-state index in [-0.39, 0.29) is 0 Å². The van der Waals surface area contributed by atoms with Crippen molar-refractivity contribution in [3.8, 4) is 0 Å². The lowest BCUT2D eigenvalue weighted by Crippen LogP contribution is -1.88. The van der Waals surface area contributed by atoms with Gasteiger partial charge in [-0.15, -0.1) is 0 Å². The van der Waals surface area contributed by atoms with Crippen molar-refractivity contribution >= 4 is 22.0 Å². The molecule has 0 saturated heterocycles. The second kappa shape index (κ2) is 3.62. The van der Waals surface area contributed by atoms with Gasteiger partial charge in [-0.3, -0.25) is 0 Å². The molecule has 0 amide bonds. The minimum atomic E-state index is -0.436. The lowest BCUT2D eigenvalue weighted by Gasteiger charge is -1.96. The van der Waals surface area contributed by atoms with Gasteiger partial charge in [0.05, 0.1) is 0 Å². The van der Waals surface area contributed by atoms with E-state index in [9.17, 15) is 4.39 Å². The molecule has 0 aromatic carbocycles. The maximum absolute atomic E-state index is 12.4. The standard InChI is InChI=1S/C8H7BrFN/c1-6-7(4-5-9)2-3-8(10)11-6/h2-5H,1H3/b5-4+. The second-order valence-electron chi connectivity index (χ2n) is 2.10. The van der Waals surface area contributed by atoms with Gasteiger partial charge in [0, 0.05) is 5.69 Å². The Morgan fingerprint density at radius 3 is 2.82 bits per heavy atom. The highest BCUT2D eigenvalue weighted by atomic mass is 79.9. The summed E-state index contributed by atoms with van der Waals surface area (Å²) < 4.78 is 12.4. The largest absolute Gasteiger partial charge is 0.225 e. The molecule has 3 heteroatoms. The van der Waals surface area contributed by atoms with Crippen LogP contribution in [0.15, 0.2) is 17.1 Å². The van der Waals surface area contributed by atoms with Crippen LogP contribution in [0.3, 0.4) is 0 Å². The van der Waals surface area contributed by atoms with Gasteiger partial charge < -0.3 is 0 Å². The van der Waals surface area contributed by atoms with Crippen LogP contribution in [0.5, 0.6) is 0 Å². The molecule has 0 saturated carbocycles. The van der Waals surface area contributed by atoms with E-state index in [0.717, 1.165) is 5.56 Å². The lowest BCUT2D eigenvalue weighted by molar-refractivity contribution is 0.580. The monoisotopic (exact) mass is 215 g/mol. The summed E-state index contributed by atoms with van der Waals surface area (Å²) in [6.45, 7) is 1.77. The molecule has 0 fully saturated rings. The summed E-state index contributed by atoms with van der Waals surface area (Å²) in [5.74, 6) is -0.436. The predicted molar refractivity (Wildman–Crippen MR) is 46.9 cm³/mol. The molecular weight excluding hydrogens is 209 g/mol. The Balaban J connectivity index is 3.09. The molecule has 0 bridgehead atoms. The van der Waals surface area contributed by atoms with Crippen LogP contribution < -0.4 is 0 Å². The number of pyridine rings is 1. The quantitative estimate of drug-likeness (QED) is 0.657. The normalized spacial score (nSPS) is 10.8. The fourth-order valence-corrected chi connectivity index (χ4v) is 1.07. The zero-order valence-corrected chi connectivity index (χ0v) is 7.60. The van der Waals surface area contributed by atoms with E-state index in [1.807, 2.05) is 6.08 Å². The van der Waals surface area contributed by atoms with Crippen LogP contribution in [0.2, 0.25) is 0 Å². The molecule has 1 aromatic heterocycles. The van der Waals surface area contributed by atoms with Gasteiger partial charge in [0.1, 0.15) is 0 Å². The van der Waals surface area contributed by atoms with E-state index >= 15 is 0 Å². The van der Waals surface area contributed by atoms with Crippen LogP contribution in [0, 0.1) is 12.9 Å². The number of aryl methyl sites for hydroxylation is 1. The first kappa shape index (κ1) is 8.40. The Kier molecular flexibility index (Phi) is 2.76. The average molecular weight is 216 g/mol. The molecule has 1 aromatic rings. The number of hydrogen-bond donors (Lipinski definition) is 0. The molecule has 1 rings (SSSR count). The first-order chi connectivity index (χ1) is 5.24. The van der Waals surface area contributed by atoms with Gasteiger partial charge in [-0.1, -0.05) is 15.9 Å². The molecule has 0 spiro atoms. The number of hydrogen-bond acceptors (Lipinski definition) is 1. The Labute approximate surface area is 73.1 Å². The molecule has 1 heterocycles. The molecule has 0 aliphatic rings. The SMILES string of the molecule is Cc1nc(F)ccc1/C=C/Br. The molecular formula is C8H7BrFN. The van der Waals surface area contributed by atoms with Gasteiger partial charge in [-0.25, -0.2) is 4.98 Å². The molecule has 0 unspecified atom stereocenters. The minimum absolute atomic E-state index is 0.436. The summed E-state index contributed by atoms with van der Waals surface area (Å²) in [4.78, 5) is 5.37. The average Bonchev–Trinajstić information content (AvgIpc) is 1.95. The number of rotatable bonds is 1. The van der Waals surface area contributed by atoms with Crippen molar-refractivity contribution in [1.29, 1.82) is 0 Å². The highest BCUT2D eigenvalue weighted by Crippen LogP contribution is 2.08. The summed E-state index contributed by atoms with van der Waals surface area (Å²) in [5.41, 5.74) is 1.61. The second-order valence-corrected chi connectivity index (χ2v) is 2.63. The zero-order chi connectivity index (χ0) is 8.27. The van der Waals surface area contributed by atoms with Crippen LogP contribution in [0.1, 0.15) is 11.3 Å². The van der Waals surface area contributed by atoms with E-state index in [1.165, 1.54) is 6.07 Å². The van der Waals surface area contributed by atoms with Gasteiger partial charge in [0.25, 0.3) is 0 Å². The van der Waals surface area contributed by atoms with Gasteiger partial charge in [-0.2, -0.15) is 4.39 Å². The maximum atomic E-state index is 12.4. The van der Waals surface area contributed by atoms with Crippen molar-refractivity contribution in [2.75, 3.05) is 0 Å². The molecule has 58 valence electrons. The molecule has 0 aliphatic heterocycles. The van der Waals surface area contributed by atoms with Crippen LogP contribution in [0.4, 0.5) is 4.39 Å². The highest BCUT2D eigenvalue weighted by Gasteiger charge is 1.96. The summed E-state index contributed by atoms with van der Waals surface area (Å²) in [6, 6.07) is 3.03. The Hall–Kier alpha value is -0.700. The summed E-state index contributed by atoms with van der Waals surface area (Å²) in [7, 11) is 0. The Morgan fingerprint density at radius 2 is 2.27 bits per heavy atom. The molecule has 11 heavy (non-hydrogen) atoms. The fraction of sp³-hybridized carbons (Fsp3) is 0.125. The van der Waals surface area contributed by atoms with Crippen LogP contribution in [-0.4, -0.2) is 4.98 Å². The van der Waals surface area contributed by atoms with Crippen molar-refractivity contribution < 1.29 is 4.39 Å². The van der Waals surface area contributed by atoms with Crippen molar-refractivity contribution in [3.63, 3.8) is 0 Å². The van der Waals surface area contributed by atoms with E-state index < -0.39 is 5.95 Å². The topological polar surface area (TPSA) is 12.9 Å². The highest BCUT2D eigenvalue weighted by molar-refractivity contribution is 9.11. The van der Waals surface area contributed by atoms with Crippen LogP contribution in [-0.2, 0) is 0 Å². The van der Waals surface area contributed by atoms with Gasteiger partial charge in [0.2, 0.25) is 5.95 Å². The van der Waals surface area contributed by atoms with Gasteiger partial charge in [0.15, 0.2) is 0 Å².